The van der Waals surface area contributed by atoms with Gasteiger partial charge in [0.15, 0.2) is 6.29 Å². The Kier molecular flexibility index (Phi) is 2.59. The lowest BCUT2D eigenvalue weighted by Crippen LogP contribution is -2.23. The van der Waals surface area contributed by atoms with E-state index >= 15 is 0 Å². The summed E-state index contributed by atoms with van der Waals surface area (Å²) in [6.07, 6.45) is 2.15. The Morgan fingerprint density at radius 1 is 1.31 bits per heavy atom. The lowest BCUT2D eigenvalue weighted by atomic mass is 10.2. The molecule has 2 heterocycles. The second kappa shape index (κ2) is 4.06. The SMILES string of the molecule is Cn1nc(-c2ccccn2)cc(C=O)c1=O. The van der Waals surface area contributed by atoms with Gasteiger partial charge in [0, 0.05) is 13.2 Å². The number of carbonyl (C=O) groups is 1. The van der Waals surface area contributed by atoms with Gasteiger partial charge < -0.3 is 0 Å². The van der Waals surface area contributed by atoms with Gasteiger partial charge in [-0.1, -0.05) is 6.07 Å². The standard InChI is InChI=1S/C11H9N3O2/c1-14-11(16)8(7-15)6-10(13-14)9-4-2-3-5-12-9/h2-7H,1H3. The molecule has 0 atom stereocenters. The summed E-state index contributed by atoms with van der Waals surface area (Å²) in [6.45, 7) is 0. The largest absolute Gasteiger partial charge is 0.298 e. The first-order valence-electron chi connectivity index (χ1n) is 4.67. The molecule has 0 saturated carbocycles. The summed E-state index contributed by atoms with van der Waals surface area (Å²) in [5.41, 5.74) is 0.804. The first-order chi connectivity index (χ1) is 7.72. The normalized spacial score (nSPS) is 10.1. The van der Waals surface area contributed by atoms with Crippen molar-refractivity contribution in [1.82, 2.24) is 14.8 Å². The van der Waals surface area contributed by atoms with E-state index in [2.05, 4.69) is 10.1 Å². The van der Waals surface area contributed by atoms with Crippen LogP contribution in [0.4, 0.5) is 0 Å². The highest BCUT2D eigenvalue weighted by Gasteiger charge is 2.07. The molecule has 2 aromatic heterocycles. The number of pyridine rings is 1. The smallest absolute Gasteiger partial charge is 0.277 e. The van der Waals surface area contributed by atoms with Gasteiger partial charge in [-0.05, 0) is 18.2 Å². The third kappa shape index (κ3) is 1.75. The van der Waals surface area contributed by atoms with Crippen LogP contribution in [0.1, 0.15) is 10.4 Å². The van der Waals surface area contributed by atoms with Crippen LogP contribution >= 0.6 is 0 Å². The molecule has 5 heteroatoms. The molecule has 0 aliphatic heterocycles. The van der Waals surface area contributed by atoms with E-state index in [0.29, 0.717) is 17.7 Å². The maximum Gasteiger partial charge on any atom is 0.277 e. The van der Waals surface area contributed by atoms with Gasteiger partial charge in [0.25, 0.3) is 5.56 Å². The van der Waals surface area contributed by atoms with Crippen LogP contribution in [0.15, 0.2) is 35.3 Å². The first kappa shape index (κ1) is 10.2. The van der Waals surface area contributed by atoms with E-state index in [0.717, 1.165) is 4.68 Å². The van der Waals surface area contributed by atoms with E-state index in [1.165, 1.54) is 13.1 Å². The van der Waals surface area contributed by atoms with Crippen molar-refractivity contribution in [3.05, 3.63) is 46.4 Å². The Morgan fingerprint density at radius 3 is 2.75 bits per heavy atom. The number of hydrogen-bond donors (Lipinski definition) is 0. The molecule has 0 aliphatic carbocycles. The van der Waals surface area contributed by atoms with Crippen LogP contribution in [0.5, 0.6) is 0 Å². The molecule has 80 valence electrons. The van der Waals surface area contributed by atoms with Crippen molar-refractivity contribution in [2.24, 2.45) is 7.05 Å². The van der Waals surface area contributed by atoms with Crippen molar-refractivity contribution in [2.45, 2.75) is 0 Å². The average molecular weight is 215 g/mol. The van der Waals surface area contributed by atoms with Gasteiger partial charge >= 0.3 is 0 Å². The number of hydrogen-bond acceptors (Lipinski definition) is 4. The zero-order valence-corrected chi connectivity index (χ0v) is 8.62. The molecule has 0 radical (unpaired) electrons. The third-order valence-electron chi connectivity index (χ3n) is 2.15. The summed E-state index contributed by atoms with van der Waals surface area (Å²) in [5, 5.41) is 4.03. The van der Waals surface area contributed by atoms with Gasteiger partial charge in [-0.15, -0.1) is 0 Å². The Balaban J connectivity index is 2.64. The maximum atomic E-state index is 11.4. The van der Waals surface area contributed by atoms with Crippen LogP contribution in [0, 0.1) is 0 Å². The van der Waals surface area contributed by atoms with Crippen LogP contribution in [-0.2, 0) is 7.05 Å². The summed E-state index contributed by atoms with van der Waals surface area (Å²) < 4.78 is 1.13. The van der Waals surface area contributed by atoms with Crippen molar-refractivity contribution in [1.29, 1.82) is 0 Å². The molecule has 16 heavy (non-hydrogen) atoms. The van der Waals surface area contributed by atoms with Gasteiger partial charge in [0.05, 0.1) is 11.3 Å². The summed E-state index contributed by atoms with van der Waals surface area (Å²) in [4.78, 5) is 26.2. The number of nitrogens with zero attached hydrogens (tertiary/aromatic N) is 3. The van der Waals surface area contributed by atoms with Crippen molar-refractivity contribution in [2.75, 3.05) is 0 Å². The Labute approximate surface area is 91.4 Å². The molecular weight excluding hydrogens is 206 g/mol. The van der Waals surface area contributed by atoms with Gasteiger partial charge in [0.1, 0.15) is 5.69 Å². The highest BCUT2D eigenvalue weighted by Crippen LogP contribution is 2.11. The number of rotatable bonds is 2. The van der Waals surface area contributed by atoms with Crippen molar-refractivity contribution < 1.29 is 4.79 Å². The molecule has 0 saturated heterocycles. The molecule has 2 rings (SSSR count). The third-order valence-corrected chi connectivity index (χ3v) is 2.15. The van der Waals surface area contributed by atoms with Gasteiger partial charge in [-0.2, -0.15) is 5.10 Å². The van der Waals surface area contributed by atoms with Crippen molar-refractivity contribution in [3.63, 3.8) is 0 Å². The summed E-state index contributed by atoms with van der Waals surface area (Å²) in [7, 11) is 1.50. The van der Waals surface area contributed by atoms with Gasteiger partial charge in [0.2, 0.25) is 0 Å². The monoisotopic (exact) mass is 215 g/mol. The molecule has 5 nitrogen and oxygen atoms in total. The predicted octanol–water partition coefficient (Wildman–Crippen LogP) is 0.655. The topological polar surface area (TPSA) is 64.8 Å². The van der Waals surface area contributed by atoms with E-state index in [-0.39, 0.29) is 5.56 Å². The highest BCUT2D eigenvalue weighted by molar-refractivity contribution is 5.76. The molecule has 0 aromatic carbocycles. The van der Waals surface area contributed by atoms with Crippen LogP contribution < -0.4 is 5.56 Å². The van der Waals surface area contributed by atoms with E-state index in [4.69, 9.17) is 0 Å². The van der Waals surface area contributed by atoms with Gasteiger partial charge in [-0.3, -0.25) is 14.6 Å². The van der Waals surface area contributed by atoms with E-state index < -0.39 is 5.56 Å². The average Bonchev–Trinajstić information content (AvgIpc) is 2.33. The Bertz CT molecular complexity index is 576. The van der Waals surface area contributed by atoms with Crippen molar-refractivity contribution in [3.8, 4) is 11.4 Å². The molecule has 2 aromatic rings. The van der Waals surface area contributed by atoms with Crippen molar-refractivity contribution >= 4 is 6.29 Å². The molecule has 0 N–H and O–H groups in total. The van der Waals surface area contributed by atoms with Gasteiger partial charge in [-0.25, -0.2) is 4.68 Å². The van der Waals surface area contributed by atoms with Crippen LogP contribution in [-0.4, -0.2) is 21.1 Å². The Hall–Kier alpha value is -2.30. The summed E-state index contributed by atoms with van der Waals surface area (Å²) in [6, 6.07) is 6.81. The van der Waals surface area contributed by atoms with E-state index in [9.17, 15) is 9.59 Å². The minimum absolute atomic E-state index is 0.0816. The molecule has 0 aliphatic rings. The number of aldehydes is 1. The fourth-order valence-electron chi connectivity index (χ4n) is 1.36. The molecule has 0 spiro atoms. The lowest BCUT2D eigenvalue weighted by molar-refractivity contribution is 0.112. The lowest BCUT2D eigenvalue weighted by Gasteiger charge is -2.02. The van der Waals surface area contributed by atoms with Crippen LogP contribution in [0.3, 0.4) is 0 Å². The van der Waals surface area contributed by atoms with E-state index in [1.807, 2.05) is 6.07 Å². The summed E-state index contributed by atoms with van der Waals surface area (Å²) >= 11 is 0. The molecule has 0 bridgehead atoms. The number of aryl methyl sites for hydroxylation is 1. The number of aromatic nitrogens is 3. The molecule has 0 fully saturated rings. The quantitative estimate of drug-likeness (QED) is 0.690. The molecular formula is C11H9N3O2. The zero-order valence-electron chi connectivity index (χ0n) is 8.62. The first-order valence-corrected chi connectivity index (χ1v) is 4.67. The van der Waals surface area contributed by atoms with E-state index in [1.54, 1.807) is 18.3 Å². The van der Waals surface area contributed by atoms with Crippen LogP contribution in [0.25, 0.3) is 11.4 Å². The minimum Gasteiger partial charge on any atom is -0.298 e. The predicted molar refractivity (Wildman–Crippen MR) is 58.1 cm³/mol. The summed E-state index contributed by atoms with van der Waals surface area (Å²) in [5.74, 6) is 0. The maximum absolute atomic E-state index is 11.4. The molecule has 0 unspecified atom stereocenters. The second-order valence-corrected chi connectivity index (χ2v) is 3.25. The Morgan fingerprint density at radius 2 is 2.12 bits per heavy atom. The fourth-order valence-corrected chi connectivity index (χ4v) is 1.36. The second-order valence-electron chi connectivity index (χ2n) is 3.25. The number of carbonyl (C=O) groups excluding carboxylic acids is 1. The highest BCUT2D eigenvalue weighted by atomic mass is 16.1. The molecule has 0 amide bonds. The zero-order chi connectivity index (χ0) is 11.5. The minimum atomic E-state index is -0.408. The van der Waals surface area contributed by atoms with Crippen LogP contribution in [0.2, 0.25) is 0 Å². The fraction of sp³-hybridized carbons (Fsp3) is 0.0909.